The zero-order valence-electron chi connectivity index (χ0n) is 10.9. The zero-order valence-corrected chi connectivity index (χ0v) is 10.9. The summed E-state index contributed by atoms with van der Waals surface area (Å²) in [6.45, 7) is 2.96. The molecule has 0 atom stereocenters. The molecule has 0 bridgehead atoms. The van der Waals surface area contributed by atoms with Crippen molar-refractivity contribution in [1.82, 2.24) is 5.32 Å². The SMILES string of the molecule is C[C@H]1CC[C@H](NCc2ccccc2C(=O)O)CC1. The number of aromatic carboxylic acids is 1. The molecule has 1 aromatic rings. The zero-order chi connectivity index (χ0) is 13.0. The molecule has 0 heterocycles. The Hall–Kier alpha value is -1.35. The summed E-state index contributed by atoms with van der Waals surface area (Å²) in [5.41, 5.74) is 1.29. The molecule has 1 aliphatic carbocycles. The summed E-state index contributed by atoms with van der Waals surface area (Å²) in [5.74, 6) is -0.000905. The molecule has 2 N–H and O–H groups in total. The van der Waals surface area contributed by atoms with Gasteiger partial charge in [0.05, 0.1) is 5.56 Å². The fraction of sp³-hybridized carbons (Fsp3) is 0.533. The smallest absolute Gasteiger partial charge is 0.336 e. The quantitative estimate of drug-likeness (QED) is 0.859. The minimum atomic E-state index is -0.843. The van der Waals surface area contributed by atoms with Crippen molar-refractivity contribution in [3.05, 3.63) is 35.4 Å². The van der Waals surface area contributed by atoms with Crippen molar-refractivity contribution in [2.24, 2.45) is 5.92 Å². The van der Waals surface area contributed by atoms with Crippen LogP contribution in [0.2, 0.25) is 0 Å². The first-order valence-corrected chi connectivity index (χ1v) is 6.71. The van der Waals surface area contributed by atoms with Gasteiger partial charge in [-0.1, -0.05) is 25.1 Å². The third-order valence-electron chi connectivity index (χ3n) is 3.84. The Kier molecular flexibility index (Phi) is 4.37. The highest BCUT2D eigenvalue weighted by Gasteiger charge is 2.18. The van der Waals surface area contributed by atoms with Gasteiger partial charge in [-0.25, -0.2) is 4.79 Å². The van der Waals surface area contributed by atoms with Crippen LogP contribution in [0.1, 0.15) is 48.5 Å². The molecular formula is C15H21NO2. The van der Waals surface area contributed by atoms with Gasteiger partial charge in [-0.15, -0.1) is 0 Å². The van der Waals surface area contributed by atoms with Crippen LogP contribution in [-0.4, -0.2) is 17.1 Å². The van der Waals surface area contributed by atoms with E-state index in [-0.39, 0.29) is 0 Å². The molecule has 0 spiro atoms. The molecule has 0 amide bonds. The first-order valence-electron chi connectivity index (χ1n) is 6.71. The van der Waals surface area contributed by atoms with E-state index in [9.17, 15) is 4.79 Å². The van der Waals surface area contributed by atoms with Crippen molar-refractivity contribution in [2.75, 3.05) is 0 Å². The van der Waals surface area contributed by atoms with Crippen molar-refractivity contribution < 1.29 is 9.90 Å². The van der Waals surface area contributed by atoms with Crippen molar-refractivity contribution in [2.45, 2.75) is 45.2 Å². The maximum absolute atomic E-state index is 11.1. The van der Waals surface area contributed by atoms with Gasteiger partial charge in [0.25, 0.3) is 0 Å². The molecule has 1 aromatic carbocycles. The Labute approximate surface area is 108 Å². The molecule has 1 fully saturated rings. The van der Waals surface area contributed by atoms with Crippen molar-refractivity contribution in [3.8, 4) is 0 Å². The molecule has 0 aliphatic heterocycles. The molecule has 3 heteroatoms. The Bertz CT molecular complexity index is 409. The predicted molar refractivity (Wildman–Crippen MR) is 71.7 cm³/mol. The van der Waals surface area contributed by atoms with Crippen LogP contribution in [0.3, 0.4) is 0 Å². The molecule has 0 saturated heterocycles. The van der Waals surface area contributed by atoms with Crippen LogP contribution >= 0.6 is 0 Å². The second-order valence-corrected chi connectivity index (χ2v) is 5.30. The molecule has 18 heavy (non-hydrogen) atoms. The monoisotopic (exact) mass is 247 g/mol. The topological polar surface area (TPSA) is 49.3 Å². The number of hydrogen-bond acceptors (Lipinski definition) is 2. The van der Waals surface area contributed by atoms with Gasteiger partial charge in [-0.3, -0.25) is 0 Å². The van der Waals surface area contributed by atoms with Crippen LogP contribution in [0.15, 0.2) is 24.3 Å². The van der Waals surface area contributed by atoms with Gasteiger partial charge in [0.2, 0.25) is 0 Å². The average Bonchev–Trinajstić information content (AvgIpc) is 2.38. The van der Waals surface area contributed by atoms with Crippen LogP contribution in [0.5, 0.6) is 0 Å². The Morgan fingerprint density at radius 3 is 2.61 bits per heavy atom. The molecule has 2 rings (SSSR count). The third kappa shape index (κ3) is 3.33. The fourth-order valence-electron chi connectivity index (χ4n) is 2.60. The lowest BCUT2D eigenvalue weighted by Gasteiger charge is -2.27. The van der Waals surface area contributed by atoms with Gasteiger partial charge in [0.15, 0.2) is 0 Å². The van der Waals surface area contributed by atoms with E-state index in [1.54, 1.807) is 12.1 Å². The number of nitrogens with one attached hydrogen (secondary N) is 1. The number of hydrogen-bond donors (Lipinski definition) is 2. The lowest BCUT2D eigenvalue weighted by atomic mass is 9.87. The van der Waals surface area contributed by atoms with Crippen molar-refractivity contribution in [3.63, 3.8) is 0 Å². The molecular weight excluding hydrogens is 226 g/mol. The van der Waals surface area contributed by atoms with Gasteiger partial charge in [-0.05, 0) is 43.2 Å². The van der Waals surface area contributed by atoms with Crippen molar-refractivity contribution >= 4 is 5.97 Å². The Morgan fingerprint density at radius 1 is 1.28 bits per heavy atom. The van der Waals surface area contributed by atoms with Gasteiger partial charge in [0.1, 0.15) is 0 Å². The summed E-state index contributed by atoms with van der Waals surface area (Å²) in [6.07, 6.45) is 4.96. The Balaban J connectivity index is 1.92. The van der Waals surface area contributed by atoms with Gasteiger partial charge in [0, 0.05) is 12.6 Å². The van der Waals surface area contributed by atoms with Crippen LogP contribution in [0.25, 0.3) is 0 Å². The number of carboxylic acids is 1. The van der Waals surface area contributed by atoms with Crippen LogP contribution in [0, 0.1) is 5.92 Å². The van der Waals surface area contributed by atoms with Crippen LogP contribution < -0.4 is 5.32 Å². The summed E-state index contributed by atoms with van der Waals surface area (Å²) in [4.78, 5) is 11.1. The summed E-state index contributed by atoms with van der Waals surface area (Å²) < 4.78 is 0. The maximum atomic E-state index is 11.1. The summed E-state index contributed by atoms with van der Waals surface area (Å²) in [6, 6.07) is 7.77. The minimum absolute atomic E-state index is 0.411. The molecule has 1 saturated carbocycles. The first kappa shape index (κ1) is 13.1. The first-order chi connectivity index (χ1) is 8.66. The third-order valence-corrected chi connectivity index (χ3v) is 3.84. The predicted octanol–water partition coefficient (Wildman–Crippen LogP) is 3.05. The second-order valence-electron chi connectivity index (χ2n) is 5.30. The molecule has 1 aliphatic rings. The number of rotatable bonds is 4. The van der Waals surface area contributed by atoms with E-state index in [4.69, 9.17) is 5.11 Å². The average molecular weight is 247 g/mol. The summed E-state index contributed by atoms with van der Waals surface area (Å²) in [7, 11) is 0. The summed E-state index contributed by atoms with van der Waals surface area (Å²) >= 11 is 0. The van der Waals surface area contributed by atoms with Crippen molar-refractivity contribution in [1.29, 1.82) is 0 Å². The number of carbonyl (C=O) groups is 1. The highest BCUT2D eigenvalue weighted by Crippen LogP contribution is 2.23. The van der Waals surface area contributed by atoms with E-state index in [0.717, 1.165) is 11.5 Å². The highest BCUT2D eigenvalue weighted by atomic mass is 16.4. The molecule has 98 valence electrons. The lowest BCUT2D eigenvalue weighted by Crippen LogP contribution is -2.32. The normalized spacial score (nSPS) is 23.8. The van der Waals surface area contributed by atoms with Gasteiger partial charge in [-0.2, -0.15) is 0 Å². The van der Waals surface area contributed by atoms with Gasteiger partial charge < -0.3 is 10.4 Å². The highest BCUT2D eigenvalue weighted by molar-refractivity contribution is 5.89. The van der Waals surface area contributed by atoms with Gasteiger partial charge >= 0.3 is 5.97 Å². The van der Waals surface area contributed by atoms with E-state index < -0.39 is 5.97 Å². The molecule has 0 aromatic heterocycles. The standard InChI is InChI=1S/C15H21NO2/c1-11-6-8-13(9-7-11)16-10-12-4-2-3-5-14(12)15(17)18/h2-5,11,13,16H,6-10H2,1H3,(H,17,18)/t11-,13-. The van der Waals surface area contributed by atoms with E-state index in [1.165, 1.54) is 25.7 Å². The van der Waals surface area contributed by atoms with E-state index >= 15 is 0 Å². The van der Waals surface area contributed by atoms with Crippen LogP contribution in [-0.2, 0) is 6.54 Å². The fourth-order valence-corrected chi connectivity index (χ4v) is 2.60. The second kappa shape index (κ2) is 6.01. The molecule has 0 radical (unpaired) electrons. The van der Waals surface area contributed by atoms with E-state index in [1.807, 2.05) is 12.1 Å². The number of benzene rings is 1. The minimum Gasteiger partial charge on any atom is -0.478 e. The largest absolute Gasteiger partial charge is 0.478 e. The molecule has 3 nitrogen and oxygen atoms in total. The number of carboxylic acid groups (broad SMARTS) is 1. The van der Waals surface area contributed by atoms with Crippen LogP contribution in [0.4, 0.5) is 0 Å². The Morgan fingerprint density at radius 2 is 1.94 bits per heavy atom. The molecule has 0 unspecified atom stereocenters. The summed E-state index contributed by atoms with van der Waals surface area (Å²) in [5, 5.41) is 12.6. The van der Waals surface area contributed by atoms with E-state index in [2.05, 4.69) is 12.2 Å². The lowest BCUT2D eigenvalue weighted by molar-refractivity contribution is 0.0695. The van der Waals surface area contributed by atoms with E-state index in [0.29, 0.717) is 18.2 Å². The maximum Gasteiger partial charge on any atom is 0.336 e.